The largest absolute Gasteiger partial charge is 0.481 e. The zero-order chi connectivity index (χ0) is 12.9. The maximum absolute atomic E-state index is 11.5. The van der Waals surface area contributed by atoms with E-state index in [0.29, 0.717) is 25.9 Å². The van der Waals surface area contributed by atoms with E-state index in [1.165, 1.54) is 7.11 Å². The predicted octanol–water partition coefficient (Wildman–Crippen LogP) is -0.690. The highest BCUT2D eigenvalue weighted by Gasteiger charge is 2.31. The van der Waals surface area contributed by atoms with Gasteiger partial charge in [0.15, 0.2) is 0 Å². The molecule has 1 saturated carbocycles. The van der Waals surface area contributed by atoms with Crippen LogP contribution < -0.4 is 9.44 Å². The van der Waals surface area contributed by atoms with Crippen LogP contribution in [0.4, 0.5) is 0 Å². The van der Waals surface area contributed by atoms with Crippen molar-refractivity contribution in [3.63, 3.8) is 0 Å². The van der Waals surface area contributed by atoms with Gasteiger partial charge in [0.25, 0.3) is 10.2 Å². The summed E-state index contributed by atoms with van der Waals surface area (Å²) in [7, 11) is -2.08. The van der Waals surface area contributed by atoms with Crippen LogP contribution in [0, 0.1) is 5.92 Å². The van der Waals surface area contributed by atoms with Crippen molar-refractivity contribution in [2.75, 3.05) is 20.3 Å². The number of ether oxygens (including phenoxy) is 1. The third-order valence-corrected chi connectivity index (χ3v) is 3.93. The fourth-order valence-corrected chi connectivity index (χ4v) is 2.94. The topological polar surface area (TPSA) is 105 Å². The van der Waals surface area contributed by atoms with Crippen molar-refractivity contribution in [2.24, 2.45) is 5.92 Å². The second-order valence-corrected chi connectivity index (χ2v) is 5.58. The zero-order valence-corrected chi connectivity index (χ0v) is 10.5. The smallest absolute Gasteiger partial charge is 0.306 e. The Balaban J connectivity index is 2.36. The van der Waals surface area contributed by atoms with Crippen LogP contribution in [0.25, 0.3) is 0 Å². The number of carboxylic acids is 1. The lowest BCUT2D eigenvalue weighted by Crippen LogP contribution is -2.42. The van der Waals surface area contributed by atoms with Crippen LogP contribution in [-0.4, -0.2) is 45.8 Å². The Hall–Kier alpha value is -0.700. The van der Waals surface area contributed by atoms with Crippen molar-refractivity contribution in [1.82, 2.24) is 9.44 Å². The van der Waals surface area contributed by atoms with Crippen molar-refractivity contribution in [1.29, 1.82) is 0 Å². The van der Waals surface area contributed by atoms with Crippen LogP contribution in [0.1, 0.15) is 19.3 Å². The highest BCUT2D eigenvalue weighted by Crippen LogP contribution is 2.25. The minimum atomic E-state index is -3.56. The van der Waals surface area contributed by atoms with Gasteiger partial charge >= 0.3 is 5.97 Å². The van der Waals surface area contributed by atoms with Gasteiger partial charge in [-0.2, -0.15) is 17.9 Å². The summed E-state index contributed by atoms with van der Waals surface area (Å²) in [5.41, 5.74) is 0. The van der Waals surface area contributed by atoms with Gasteiger partial charge < -0.3 is 9.84 Å². The van der Waals surface area contributed by atoms with E-state index in [9.17, 15) is 13.2 Å². The highest BCUT2D eigenvalue weighted by atomic mass is 32.2. The SMILES string of the molecule is COCCNS(=O)(=O)NC1CCC(C(=O)O)C1. The normalized spacial score (nSPS) is 25.0. The first-order valence-corrected chi connectivity index (χ1v) is 6.91. The molecule has 0 aromatic rings. The predicted molar refractivity (Wildman–Crippen MR) is 60.7 cm³/mol. The number of nitrogens with one attached hydrogen (secondary N) is 2. The number of carbonyl (C=O) groups is 1. The molecule has 1 aliphatic rings. The Morgan fingerprint density at radius 1 is 1.47 bits per heavy atom. The lowest BCUT2D eigenvalue weighted by atomic mass is 10.1. The summed E-state index contributed by atoms with van der Waals surface area (Å²) in [5, 5.41) is 8.79. The molecule has 0 bridgehead atoms. The average Bonchev–Trinajstić information content (AvgIpc) is 2.65. The molecule has 0 radical (unpaired) electrons. The maximum Gasteiger partial charge on any atom is 0.306 e. The van der Waals surface area contributed by atoms with Crippen LogP contribution in [0.5, 0.6) is 0 Å². The minimum absolute atomic E-state index is 0.195. The molecule has 0 aliphatic heterocycles. The first kappa shape index (κ1) is 14.4. The van der Waals surface area contributed by atoms with E-state index in [-0.39, 0.29) is 12.6 Å². The van der Waals surface area contributed by atoms with Crippen LogP contribution in [-0.2, 0) is 19.7 Å². The summed E-state index contributed by atoms with van der Waals surface area (Å²) >= 11 is 0. The summed E-state index contributed by atoms with van der Waals surface area (Å²) in [4.78, 5) is 10.7. The van der Waals surface area contributed by atoms with E-state index in [2.05, 4.69) is 9.44 Å². The molecule has 3 N–H and O–H groups in total. The second kappa shape index (κ2) is 6.29. The highest BCUT2D eigenvalue weighted by molar-refractivity contribution is 7.87. The van der Waals surface area contributed by atoms with Gasteiger partial charge in [-0.3, -0.25) is 4.79 Å². The van der Waals surface area contributed by atoms with Crippen molar-refractivity contribution >= 4 is 16.2 Å². The number of hydrogen-bond donors (Lipinski definition) is 3. The second-order valence-electron chi connectivity index (χ2n) is 4.05. The number of hydrogen-bond acceptors (Lipinski definition) is 4. The molecule has 0 aromatic heterocycles. The molecular formula is C9H18N2O5S. The van der Waals surface area contributed by atoms with Crippen LogP contribution in [0.2, 0.25) is 0 Å². The Labute approximate surface area is 101 Å². The quantitative estimate of drug-likeness (QED) is 0.529. The lowest BCUT2D eigenvalue weighted by molar-refractivity contribution is -0.141. The van der Waals surface area contributed by atoms with Crippen LogP contribution in [0.15, 0.2) is 0 Å². The van der Waals surface area contributed by atoms with Gasteiger partial charge in [-0.25, -0.2) is 0 Å². The Kier molecular flexibility index (Phi) is 5.31. The molecule has 0 amide bonds. The molecule has 7 nitrogen and oxygen atoms in total. The number of aliphatic carboxylic acids is 1. The van der Waals surface area contributed by atoms with E-state index in [1.807, 2.05) is 0 Å². The van der Waals surface area contributed by atoms with E-state index in [4.69, 9.17) is 9.84 Å². The molecule has 1 fully saturated rings. The molecule has 17 heavy (non-hydrogen) atoms. The maximum atomic E-state index is 11.5. The van der Waals surface area contributed by atoms with E-state index < -0.39 is 22.1 Å². The summed E-state index contributed by atoms with van der Waals surface area (Å²) in [6.07, 6.45) is 1.42. The monoisotopic (exact) mass is 266 g/mol. The molecular weight excluding hydrogens is 248 g/mol. The molecule has 0 spiro atoms. The fourth-order valence-electron chi connectivity index (χ4n) is 1.85. The van der Waals surface area contributed by atoms with Gasteiger partial charge in [0.2, 0.25) is 0 Å². The molecule has 100 valence electrons. The number of methoxy groups -OCH3 is 1. The summed E-state index contributed by atoms with van der Waals surface area (Å²) in [5.74, 6) is -1.30. The number of carboxylic acid groups (broad SMARTS) is 1. The first-order chi connectivity index (χ1) is 7.94. The summed E-state index contributed by atoms with van der Waals surface area (Å²) < 4.78 is 32.5. The first-order valence-electron chi connectivity index (χ1n) is 5.43. The van der Waals surface area contributed by atoms with Gasteiger partial charge in [0.05, 0.1) is 12.5 Å². The zero-order valence-electron chi connectivity index (χ0n) is 9.68. The van der Waals surface area contributed by atoms with Crippen molar-refractivity contribution in [3.05, 3.63) is 0 Å². The van der Waals surface area contributed by atoms with Crippen molar-refractivity contribution in [3.8, 4) is 0 Å². The van der Waals surface area contributed by atoms with E-state index in [0.717, 1.165) is 0 Å². The van der Waals surface area contributed by atoms with Crippen molar-refractivity contribution in [2.45, 2.75) is 25.3 Å². The fraction of sp³-hybridized carbons (Fsp3) is 0.889. The summed E-state index contributed by atoms with van der Waals surface area (Å²) in [6, 6.07) is -0.295. The molecule has 8 heteroatoms. The third-order valence-electron chi connectivity index (χ3n) is 2.70. The molecule has 1 rings (SSSR count). The van der Waals surface area contributed by atoms with Gasteiger partial charge in [-0.15, -0.1) is 0 Å². The standard InChI is InChI=1S/C9H18N2O5S/c1-16-5-4-10-17(14,15)11-8-3-2-7(6-8)9(12)13/h7-8,10-11H,2-6H2,1H3,(H,12,13). The molecule has 0 saturated heterocycles. The van der Waals surface area contributed by atoms with E-state index in [1.54, 1.807) is 0 Å². The molecule has 1 aliphatic carbocycles. The van der Waals surface area contributed by atoms with Crippen LogP contribution in [0.3, 0.4) is 0 Å². The van der Waals surface area contributed by atoms with Gasteiger partial charge in [-0.1, -0.05) is 0 Å². The Morgan fingerprint density at radius 2 is 2.18 bits per heavy atom. The summed E-state index contributed by atoms with van der Waals surface area (Å²) in [6.45, 7) is 0.490. The van der Waals surface area contributed by atoms with Gasteiger partial charge in [0, 0.05) is 19.7 Å². The Bertz CT molecular complexity index is 356. The molecule has 2 unspecified atom stereocenters. The molecule has 0 aromatic carbocycles. The molecule has 0 heterocycles. The molecule has 2 atom stereocenters. The van der Waals surface area contributed by atoms with Gasteiger partial charge in [-0.05, 0) is 19.3 Å². The third kappa shape index (κ3) is 4.99. The Morgan fingerprint density at radius 3 is 2.71 bits per heavy atom. The number of rotatable bonds is 7. The van der Waals surface area contributed by atoms with E-state index >= 15 is 0 Å². The van der Waals surface area contributed by atoms with Crippen molar-refractivity contribution < 1.29 is 23.1 Å². The van der Waals surface area contributed by atoms with Crippen LogP contribution >= 0.6 is 0 Å². The minimum Gasteiger partial charge on any atom is -0.481 e. The van der Waals surface area contributed by atoms with Gasteiger partial charge in [0.1, 0.15) is 0 Å². The lowest BCUT2D eigenvalue weighted by Gasteiger charge is -2.13. The average molecular weight is 266 g/mol.